The third-order valence-corrected chi connectivity index (χ3v) is 4.30. The van der Waals surface area contributed by atoms with Crippen molar-refractivity contribution >= 4 is 5.91 Å². The van der Waals surface area contributed by atoms with Gasteiger partial charge in [0.2, 0.25) is 11.8 Å². The van der Waals surface area contributed by atoms with Gasteiger partial charge in [0.15, 0.2) is 0 Å². The van der Waals surface area contributed by atoms with Crippen molar-refractivity contribution in [2.45, 2.75) is 26.8 Å². The molecule has 2 aromatic heterocycles. The van der Waals surface area contributed by atoms with E-state index in [-0.39, 0.29) is 12.3 Å². The van der Waals surface area contributed by atoms with Crippen molar-refractivity contribution in [2.75, 3.05) is 7.11 Å². The van der Waals surface area contributed by atoms with Gasteiger partial charge in [0, 0.05) is 29.6 Å². The SMILES string of the molecule is COc1ncccc1CNC(=O)Cc1c(C)nn(-c2ccccc2)c1C. The Balaban J connectivity index is 1.71. The summed E-state index contributed by atoms with van der Waals surface area (Å²) in [6, 6.07) is 13.6. The van der Waals surface area contributed by atoms with Gasteiger partial charge in [-0.2, -0.15) is 5.10 Å². The second-order valence-corrected chi connectivity index (χ2v) is 6.02. The molecule has 3 rings (SSSR count). The van der Waals surface area contributed by atoms with Gasteiger partial charge in [0.25, 0.3) is 0 Å². The van der Waals surface area contributed by atoms with Gasteiger partial charge in [0.05, 0.1) is 24.9 Å². The van der Waals surface area contributed by atoms with E-state index < -0.39 is 0 Å². The zero-order chi connectivity index (χ0) is 18.5. The average molecular weight is 350 g/mol. The fourth-order valence-corrected chi connectivity index (χ4v) is 2.91. The summed E-state index contributed by atoms with van der Waals surface area (Å²) in [6.07, 6.45) is 1.95. The number of para-hydroxylation sites is 1. The first kappa shape index (κ1) is 17.7. The molecule has 0 fully saturated rings. The van der Waals surface area contributed by atoms with Crippen molar-refractivity contribution in [3.05, 3.63) is 71.2 Å². The Kier molecular flexibility index (Phi) is 5.31. The van der Waals surface area contributed by atoms with Crippen LogP contribution in [0.5, 0.6) is 5.88 Å². The topological polar surface area (TPSA) is 69.0 Å². The van der Waals surface area contributed by atoms with Crippen LogP contribution in [-0.4, -0.2) is 27.8 Å². The third-order valence-electron chi connectivity index (χ3n) is 4.30. The molecule has 2 heterocycles. The summed E-state index contributed by atoms with van der Waals surface area (Å²) >= 11 is 0. The number of methoxy groups -OCH3 is 1. The number of hydrogen-bond donors (Lipinski definition) is 1. The quantitative estimate of drug-likeness (QED) is 0.742. The molecule has 6 heteroatoms. The van der Waals surface area contributed by atoms with Crippen molar-refractivity contribution in [1.82, 2.24) is 20.1 Å². The van der Waals surface area contributed by atoms with Gasteiger partial charge in [0.1, 0.15) is 0 Å². The standard InChI is InChI=1S/C20H22N4O2/c1-14-18(15(2)24(23-14)17-9-5-4-6-10-17)12-19(25)22-13-16-8-7-11-21-20(16)26-3/h4-11H,12-13H2,1-3H3,(H,22,25). The maximum absolute atomic E-state index is 12.4. The normalized spacial score (nSPS) is 10.6. The number of nitrogens with one attached hydrogen (secondary N) is 1. The van der Waals surface area contributed by atoms with Crippen molar-refractivity contribution in [3.63, 3.8) is 0 Å². The summed E-state index contributed by atoms with van der Waals surface area (Å²) in [5, 5.41) is 7.52. The molecule has 26 heavy (non-hydrogen) atoms. The predicted molar refractivity (Wildman–Crippen MR) is 99.4 cm³/mol. The van der Waals surface area contributed by atoms with Crippen LogP contribution in [0, 0.1) is 13.8 Å². The summed E-state index contributed by atoms with van der Waals surface area (Å²) in [4.78, 5) is 16.6. The summed E-state index contributed by atoms with van der Waals surface area (Å²) in [7, 11) is 1.57. The van der Waals surface area contributed by atoms with Crippen molar-refractivity contribution < 1.29 is 9.53 Å². The van der Waals surface area contributed by atoms with E-state index in [0.717, 1.165) is 28.2 Å². The van der Waals surface area contributed by atoms with Gasteiger partial charge in [-0.15, -0.1) is 0 Å². The number of amides is 1. The molecule has 6 nitrogen and oxygen atoms in total. The number of benzene rings is 1. The van der Waals surface area contributed by atoms with E-state index in [9.17, 15) is 4.79 Å². The Morgan fingerprint density at radius 3 is 2.65 bits per heavy atom. The monoisotopic (exact) mass is 350 g/mol. The van der Waals surface area contributed by atoms with Crippen molar-refractivity contribution in [2.24, 2.45) is 0 Å². The minimum absolute atomic E-state index is 0.0604. The molecule has 0 unspecified atom stereocenters. The zero-order valence-corrected chi connectivity index (χ0v) is 15.2. The molecule has 0 atom stereocenters. The molecule has 0 aliphatic heterocycles. The second-order valence-electron chi connectivity index (χ2n) is 6.02. The first-order valence-electron chi connectivity index (χ1n) is 8.45. The second kappa shape index (κ2) is 7.82. The zero-order valence-electron chi connectivity index (χ0n) is 15.2. The Bertz CT molecular complexity index is 903. The summed E-state index contributed by atoms with van der Waals surface area (Å²) in [6.45, 7) is 4.29. The molecule has 0 aliphatic carbocycles. The largest absolute Gasteiger partial charge is 0.481 e. The fraction of sp³-hybridized carbons (Fsp3) is 0.250. The highest BCUT2D eigenvalue weighted by Crippen LogP contribution is 2.18. The Morgan fingerprint density at radius 1 is 1.15 bits per heavy atom. The third kappa shape index (κ3) is 3.74. The lowest BCUT2D eigenvalue weighted by Gasteiger charge is -2.09. The molecule has 0 spiro atoms. The number of hydrogen-bond acceptors (Lipinski definition) is 4. The van der Waals surface area contributed by atoms with Crippen molar-refractivity contribution in [1.29, 1.82) is 0 Å². The number of aryl methyl sites for hydroxylation is 1. The highest BCUT2D eigenvalue weighted by Gasteiger charge is 2.16. The molecule has 0 saturated heterocycles. The maximum atomic E-state index is 12.4. The molecule has 3 aromatic rings. The Hall–Kier alpha value is -3.15. The molecule has 1 aromatic carbocycles. The van der Waals surface area contributed by atoms with Crippen LogP contribution in [0.1, 0.15) is 22.5 Å². The van der Waals surface area contributed by atoms with Crippen LogP contribution in [0.4, 0.5) is 0 Å². The first-order valence-corrected chi connectivity index (χ1v) is 8.45. The highest BCUT2D eigenvalue weighted by atomic mass is 16.5. The number of nitrogens with zero attached hydrogens (tertiary/aromatic N) is 3. The van der Waals surface area contributed by atoms with Gasteiger partial charge in [-0.25, -0.2) is 9.67 Å². The number of carbonyl (C=O) groups excluding carboxylic acids is 1. The molecular weight excluding hydrogens is 328 g/mol. The maximum Gasteiger partial charge on any atom is 0.224 e. The van der Waals surface area contributed by atoms with E-state index in [2.05, 4.69) is 15.4 Å². The van der Waals surface area contributed by atoms with Crippen LogP contribution in [0.2, 0.25) is 0 Å². The van der Waals surface area contributed by atoms with E-state index in [4.69, 9.17) is 4.74 Å². The van der Waals surface area contributed by atoms with E-state index >= 15 is 0 Å². The van der Waals surface area contributed by atoms with Crippen LogP contribution in [0.25, 0.3) is 5.69 Å². The van der Waals surface area contributed by atoms with Crippen LogP contribution in [0.3, 0.4) is 0 Å². The lowest BCUT2D eigenvalue weighted by Crippen LogP contribution is -2.25. The van der Waals surface area contributed by atoms with Crippen molar-refractivity contribution in [3.8, 4) is 11.6 Å². The molecule has 134 valence electrons. The molecule has 0 radical (unpaired) electrons. The summed E-state index contributed by atoms with van der Waals surface area (Å²) in [5.74, 6) is 0.465. The number of rotatable bonds is 6. The predicted octanol–water partition coefficient (Wildman–Crippen LogP) is 2.75. The highest BCUT2D eigenvalue weighted by molar-refractivity contribution is 5.79. The van der Waals surface area contributed by atoms with Crippen LogP contribution >= 0.6 is 0 Å². The first-order chi connectivity index (χ1) is 12.6. The minimum Gasteiger partial charge on any atom is -0.481 e. The van der Waals surface area contributed by atoms with E-state index in [1.165, 1.54) is 0 Å². The lowest BCUT2D eigenvalue weighted by atomic mass is 10.1. The number of aromatic nitrogens is 3. The van der Waals surface area contributed by atoms with Crippen LogP contribution in [0.15, 0.2) is 48.7 Å². The smallest absolute Gasteiger partial charge is 0.224 e. The molecule has 0 aliphatic rings. The van der Waals surface area contributed by atoms with Gasteiger partial charge < -0.3 is 10.1 Å². The number of ether oxygens (including phenoxy) is 1. The van der Waals surface area contributed by atoms with Crippen LogP contribution in [-0.2, 0) is 17.8 Å². The number of carbonyl (C=O) groups is 1. The molecule has 1 amide bonds. The molecule has 0 bridgehead atoms. The molecule has 0 saturated carbocycles. The Labute approximate surface area is 152 Å². The minimum atomic E-state index is -0.0604. The van der Waals surface area contributed by atoms with Crippen LogP contribution < -0.4 is 10.1 Å². The summed E-state index contributed by atoms with van der Waals surface area (Å²) in [5.41, 5.74) is 4.62. The molecular formula is C20H22N4O2. The number of pyridine rings is 1. The van der Waals surface area contributed by atoms with E-state index in [0.29, 0.717) is 12.4 Å². The fourth-order valence-electron chi connectivity index (χ4n) is 2.91. The average Bonchev–Trinajstić information content (AvgIpc) is 2.95. The summed E-state index contributed by atoms with van der Waals surface area (Å²) < 4.78 is 7.09. The molecule has 1 N–H and O–H groups in total. The van der Waals surface area contributed by atoms with Gasteiger partial charge >= 0.3 is 0 Å². The van der Waals surface area contributed by atoms with Gasteiger partial charge in [-0.05, 0) is 32.0 Å². The van der Waals surface area contributed by atoms with Gasteiger partial charge in [-0.1, -0.05) is 24.3 Å². The van der Waals surface area contributed by atoms with E-state index in [1.807, 2.05) is 61.0 Å². The van der Waals surface area contributed by atoms with E-state index in [1.54, 1.807) is 13.3 Å². The Morgan fingerprint density at radius 2 is 1.92 bits per heavy atom. The lowest BCUT2D eigenvalue weighted by molar-refractivity contribution is -0.120. The van der Waals surface area contributed by atoms with Gasteiger partial charge in [-0.3, -0.25) is 4.79 Å².